The molecule has 0 aromatic carbocycles. The highest BCUT2D eigenvalue weighted by atomic mass is 16.8. The van der Waals surface area contributed by atoms with E-state index in [1.807, 2.05) is 0 Å². The van der Waals surface area contributed by atoms with Crippen molar-refractivity contribution in [1.29, 1.82) is 0 Å². The standard InChI is InChI=1S/C36H42O19/c1-14(37)49-21(26(42)47-8)22-30(5)13-33(45)32(22,7)36-25(52-17(4)40)24(51-16(3)39)31(6,23(50-15(2)38)18-9-10-48-12-18)19-11-20(41)53-28(34(33,46)27(30)43)35(19,36)54-29(44)55-36/h9-10,12,19,21-25,27-28,43,45-46H,11,13H2,1-8H3/t19-,21?,22+,23+,24+,25-,27+,28-,30-,31-,32-,33-,34-,35-,36+/m1/s1. The molecule has 1 aromatic rings. The Morgan fingerprint density at radius 2 is 1.51 bits per heavy atom. The Balaban J connectivity index is 1.68. The van der Waals surface area contributed by atoms with Gasteiger partial charge in [0.05, 0.1) is 43.0 Å². The van der Waals surface area contributed by atoms with Gasteiger partial charge < -0.3 is 57.6 Å². The fourth-order valence-corrected chi connectivity index (χ4v) is 12.3. The van der Waals surface area contributed by atoms with E-state index in [2.05, 4.69) is 0 Å². The fourth-order valence-electron chi connectivity index (χ4n) is 12.3. The number of esters is 6. The van der Waals surface area contributed by atoms with Crippen LogP contribution in [0.3, 0.4) is 0 Å². The minimum atomic E-state index is -2.99. The third-order valence-corrected chi connectivity index (χ3v) is 13.7. The monoisotopic (exact) mass is 778 g/mol. The number of methoxy groups -OCH3 is 1. The van der Waals surface area contributed by atoms with Gasteiger partial charge in [-0.1, -0.05) is 20.8 Å². The van der Waals surface area contributed by atoms with Crippen molar-refractivity contribution in [2.24, 2.45) is 28.1 Å². The summed E-state index contributed by atoms with van der Waals surface area (Å²) in [5.41, 5.74) is -17.5. The minimum Gasteiger partial charge on any atom is -0.472 e. The lowest BCUT2D eigenvalue weighted by molar-refractivity contribution is -0.443. The Labute approximate surface area is 312 Å². The quantitative estimate of drug-likeness (QED) is 0.237. The second-order valence-electron chi connectivity index (χ2n) is 16.1. The van der Waals surface area contributed by atoms with E-state index in [4.69, 9.17) is 42.3 Å². The summed E-state index contributed by atoms with van der Waals surface area (Å²) in [5.74, 6) is -9.56. The van der Waals surface area contributed by atoms with Gasteiger partial charge in [-0.25, -0.2) is 9.59 Å². The molecule has 1 unspecified atom stereocenters. The lowest BCUT2D eigenvalue weighted by Crippen LogP contribution is -2.97. The van der Waals surface area contributed by atoms with Gasteiger partial charge in [0.15, 0.2) is 23.9 Å². The Bertz CT molecular complexity index is 1890. The molecule has 2 aliphatic heterocycles. The van der Waals surface area contributed by atoms with Crippen LogP contribution in [0, 0.1) is 28.1 Å². The van der Waals surface area contributed by atoms with Crippen molar-refractivity contribution >= 4 is 42.0 Å². The Morgan fingerprint density at radius 1 is 0.891 bits per heavy atom. The maximum atomic E-state index is 14.2. The van der Waals surface area contributed by atoms with Gasteiger partial charge in [-0.15, -0.1) is 0 Å². The second-order valence-corrected chi connectivity index (χ2v) is 16.1. The number of aliphatic hydroxyl groups is 3. The van der Waals surface area contributed by atoms with Gasteiger partial charge in [-0.05, 0) is 12.5 Å². The molecule has 300 valence electrons. The summed E-state index contributed by atoms with van der Waals surface area (Å²) >= 11 is 0. The normalized spacial score (nSPS) is 45.4. The van der Waals surface area contributed by atoms with Gasteiger partial charge in [0.1, 0.15) is 11.7 Å². The molecule has 0 radical (unpaired) electrons. The maximum Gasteiger partial charge on any atom is 0.510 e. The molecule has 0 amide bonds. The molecule has 3 N–H and O–H groups in total. The van der Waals surface area contributed by atoms with Crippen LogP contribution in [0.25, 0.3) is 0 Å². The van der Waals surface area contributed by atoms with Crippen LogP contribution < -0.4 is 0 Å². The largest absolute Gasteiger partial charge is 0.510 e. The van der Waals surface area contributed by atoms with E-state index in [0.717, 1.165) is 34.8 Å². The molecule has 19 heteroatoms. The van der Waals surface area contributed by atoms with Crippen molar-refractivity contribution in [2.45, 2.75) is 120 Å². The molecule has 15 atom stereocenters. The SMILES string of the molecule is COC(=O)C(OC(C)=O)[C@H]1[C@@]2(C)C[C@]3(O)[C@](O)([C@H]4OC(=O)C[C@@H]5[C@](C)([C@@H](OC(C)=O)c6ccoc6)[C@@H](OC(C)=O)[C@@H](OC(C)=O)[C@]6(OC(=O)O[C@]546)[C@]13C)[C@H]2O. The molecule has 6 aliphatic rings. The molecule has 2 saturated heterocycles. The third-order valence-electron chi connectivity index (χ3n) is 13.7. The molecule has 4 aliphatic carbocycles. The topological polar surface area (TPSA) is 267 Å². The summed E-state index contributed by atoms with van der Waals surface area (Å²) in [6, 6.07) is 1.41. The number of furan rings is 1. The second kappa shape index (κ2) is 11.6. The first-order valence-electron chi connectivity index (χ1n) is 17.5. The summed E-state index contributed by atoms with van der Waals surface area (Å²) in [4.78, 5) is 94.1. The van der Waals surface area contributed by atoms with E-state index in [-0.39, 0.29) is 5.56 Å². The molecular weight excluding hydrogens is 736 g/mol. The van der Waals surface area contributed by atoms with Gasteiger partial charge in [0.2, 0.25) is 17.3 Å². The van der Waals surface area contributed by atoms with Crippen LogP contribution in [0.2, 0.25) is 0 Å². The molecule has 3 heterocycles. The Morgan fingerprint density at radius 3 is 2.05 bits per heavy atom. The van der Waals surface area contributed by atoms with Crippen molar-refractivity contribution < 1.29 is 91.2 Å². The molecule has 1 spiro atoms. The van der Waals surface area contributed by atoms with Gasteiger partial charge >= 0.3 is 42.0 Å². The van der Waals surface area contributed by atoms with Crippen LogP contribution in [0.1, 0.15) is 73.0 Å². The van der Waals surface area contributed by atoms with Crippen LogP contribution in [0.5, 0.6) is 0 Å². The number of hydrogen-bond acceptors (Lipinski definition) is 19. The van der Waals surface area contributed by atoms with Crippen molar-refractivity contribution in [3.05, 3.63) is 24.2 Å². The van der Waals surface area contributed by atoms with Crippen molar-refractivity contribution in [3.8, 4) is 0 Å². The average Bonchev–Trinajstić information content (AvgIpc) is 3.80. The van der Waals surface area contributed by atoms with Crippen molar-refractivity contribution in [2.75, 3.05) is 7.11 Å². The van der Waals surface area contributed by atoms with Crippen molar-refractivity contribution in [3.63, 3.8) is 0 Å². The number of rotatable bonds is 8. The number of carbonyl (C=O) groups excluding carboxylic acids is 7. The molecular formula is C36H42O19. The predicted molar refractivity (Wildman–Crippen MR) is 171 cm³/mol. The molecule has 1 aromatic heterocycles. The zero-order valence-electron chi connectivity index (χ0n) is 31.1. The van der Waals surface area contributed by atoms with Gasteiger partial charge in [-0.3, -0.25) is 24.0 Å². The molecule has 2 bridgehead atoms. The lowest BCUT2D eigenvalue weighted by Gasteiger charge is -2.76. The number of ether oxygens (including phenoxy) is 8. The Kier molecular flexibility index (Phi) is 8.15. The fraction of sp³-hybridized carbons (Fsp3) is 0.694. The number of hydrogen-bond donors (Lipinski definition) is 3. The zero-order chi connectivity index (χ0) is 40.6. The zero-order valence-corrected chi connectivity index (χ0v) is 31.1. The van der Waals surface area contributed by atoms with E-state index in [0.29, 0.717) is 0 Å². The Hall–Kier alpha value is -4.75. The molecule has 7 rings (SSSR count). The predicted octanol–water partition coefficient (Wildman–Crippen LogP) is 0.331. The van der Waals surface area contributed by atoms with E-state index in [9.17, 15) is 48.9 Å². The first-order chi connectivity index (χ1) is 25.5. The summed E-state index contributed by atoms with van der Waals surface area (Å²) in [7, 11) is 0.986. The first kappa shape index (κ1) is 38.5. The van der Waals surface area contributed by atoms with Crippen LogP contribution in [0.4, 0.5) is 4.79 Å². The van der Waals surface area contributed by atoms with Gasteiger partial charge in [0, 0.05) is 50.5 Å². The van der Waals surface area contributed by atoms with E-state index >= 15 is 0 Å². The number of carbonyl (C=O) groups is 7. The smallest absolute Gasteiger partial charge is 0.472 e. The van der Waals surface area contributed by atoms with E-state index in [1.165, 1.54) is 39.4 Å². The van der Waals surface area contributed by atoms with Gasteiger partial charge in [0.25, 0.3) is 0 Å². The van der Waals surface area contributed by atoms with Crippen LogP contribution in [0.15, 0.2) is 23.0 Å². The third kappa shape index (κ3) is 4.18. The number of fused-ring (bicyclic) bond motifs is 2. The lowest BCUT2D eigenvalue weighted by atomic mass is 9.32. The van der Waals surface area contributed by atoms with Crippen LogP contribution in [-0.2, 0) is 66.7 Å². The van der Waals surface area contributed by atoms with Crippen LogP contribution in [-0.4, -0.2) is 117 Å². The molecule has 4 saturated carbocycles. The van der Waals surface area contributed by atoms with Crippen molar-refractivity contribution in [1.82, 2.24) is 0 Å². The summed E-state index contributed by atoms with van der Waals surface area (Å²) in [6.45, 7) is 8.07. The highest BCUT2D eigenvalue weighted by Crippen LogP contribution is 2.86. The van der Waals surface area contributed by atoms with E-state index < -0.39 is 142 Å². The summed E-state index contributed by atoms with van der Waals surface area (Å²) < 4.78 is 52.4. The maximum absolute atomic E-state index is 14.2. The van der Waals surface area contributed by atoms with E-state index in [1.54, 1.807) is 0 Å². The summed E-state index contributed by atoms with van der Waals surface area (Å²) in [5, 5.41) is 38.8. The molecule has 19 nitrogen and oxygen atoms in total. The first-order valence-corrected chi connectivity index (χ1v) is 17.5. The molecule has 6 fully saturated rings. The number of aliphatic hydroxyl groups excluding tert-OH is 1. The highest BCUT2D eigenvalue weighted by molar-refractivity contribution is 5.81. The minimum absolute atomic E-state index is 0.133. The van der Waals surface area contributed by atoms with Gasteiger partial charge in [-0.2, -0.15) is 0 Å². The van der Waals surface area contributed by atoms with Crippen LogP contribution >= 0.6 is 0 Å². The molecule has 55 heavy (non-hydrogen) atoms. The highest BCUT2D eigenvalue weighted by Gasteiger charge is 3.04. The average molecular weight is 779 g/mol. The summed E-state index contributed by atoms with van der Waals surface area (Å²) in [6.07, 6.45) is -12.5.